The van der Waals surface area contributed by atoms with Gasteiger partial charge in [0.1, 0.15) is 23.7 Å². The average molecular weight is 465 g/mol. The second-order valence-electron chi connectivity index (χ2n) is 9.30. The van der Waals surface area contributed by atoms with E-state index in [0.717, 1.165) is 35.8 Å². The van der Waals surface area contributed by atoms with Crippen LogP contribution in [0.3, 0.4) is 0 Å². The third-order valence-electron chi connectivity index (χ3n) is 5.31. The fourth-order valence-corrected chi connectivity index (χ4v) is 3.76. The van der Waals surface area contributed by atoms with Gasteiger partial charge >= 0.3 is 0 Å². The van der Waals surface area contributed by atoms with E-state index in [1.54, 1.807) is 24.3 Å². The first-order chi connectivity index (χ1) is 16.3. The van der Waals surface area contributed by atoms with E-state index in [-0.39, 0.29) is 23.4 Å². The second-order valence-corrected chi connectivity index (χ2v) is 9.30. The van der Waals surface area contributed by atoms with Gasteiger partial charge in [-0.1, -0.05) is 6.07 Å². The largest absolute Gasteiger partial charge is 0.492 e. The van der Waals surface area contributed by atoms with Gasteiger partial charge in [0.2, 0.25) is 11.9 Å². The minimum Gasteiger partial charge on any atom is -0.492 e. The second kappa shape index (κ2) is 10.1. The number of hydrogen-bond donors (Lipinski definition) is 2. The number of rotatable bonds is 8. The van der Waals surface area contributed by atoms with Crippen molar-refractivity contribution in [3.05, 3.63) is 54.1 Å². The molecule has 0 amide bonds. The minimum absolute atomic E-state index is 0.00323. The molecule has 2 aromatic carbocycles. The Balaban J connectivity index is 1.37. The first-order valence-electron chi connectivity index (χ1n) is 11.6. The molecule has 0 aliphatic carbocycles. The molecule has 0 atom stereocenters. The van der Waals surface area contributed by atoms with Crippen molar-refractivity contribution in [1.82, 2.24) is 19.7 Å². The molecule has 0 bridgehead atoms. The molecular weight excluding hydrogens is 432 g/mol. The highest BCUT2D eigenvalue weighted by Gasteiger charge is 2.18. The lowest BCUT2D eigenvalue weighted by Crippen LogP contribution is -2.25. The summed E-state index contributed by atoms with van der Waals surface area (Å²) in [6, 6.07) is 14.4. The van der Waals surface area contributed by atoms with Crippen molar-refractivity contribution in [2.24, 2.45) is 0 Å². The Morgan fingerprint density at radius 3 is 2.53 bits per heavy atom. The predicted molar refractivity (Wildman–Crippen MR) is 132 cm³/mol. The molecule has 0 unspecified atom stereocenters. The van der Waals surface area contributed by atoms with Gasteiger partial charge in [0, 0.05) is 17.8 Å². The van der Waals surface area contributed by atoms with Gasteiger partial charge in [-0.25, -0.2) is 0 Å². The number of likely N-dealkylation sites (tertiary alicyclic amines) is 1. The summed E-state index contributed by atoms with van der Waals surface area (Å²) in [6.07, 6.45) is 2.55. The minimum atomic E-state index is -0.390. The lowest BCUT2D eigenvalue weighted by molar-refractivity contribution is 0.0945. The SMILES string of the molecule is CC(C)(C)Oc1cccc(C(=O)n2nc(Nc3ccc(OCCN4CCCC4)cc3)nc2N)c1. The number of benzene rings is 2. The Kier molecular flexibility index (Phi) is 7.02. The first-order valence-corrected chi connectivity index (χ1v) is 11.6. The molecule has 1 aliphatic rings. The van der Waals surface area contributed by atoms with E-state index in [0.29, 0.717) is 17.9 Å². The molecular formula is C25H32N6O3. The van der Waals surface area contributed by atoms with Gasteiger partial charge in [-0.15, -0.1) is 5.10 Å². The van der Waals surface area contributed by atoms with Gasteiger partial charge in [0.15, 0.2) is 0 Å². The molecule has 2 heterocycles. The molecule has 0 spiro atoms. The summed E-state index contributed by atoms with van der Waals surface area (Å²) >= 11 is 0. The Hall–Kier alpha value is -3.59. The summed E-state index contributed by atoms with van der Waals surface area (Å²) in [4.78, 5) is 19.6. The molecule has 1 aromatic heterocycles. The number of carbonyl (C=O) groups is 1. The number of nitrogens with two attached hydrogens (primary N) is 1. The molecule has 0 saturated carbocycles. The van der Waals surface area contributed by atoms with Crippen LogP contribution >= 0.6 is 0 Å². The molecule has 180 valence electrons. The molecule has 0 radical (unpaired) electrons. The predicted octanol–water partition coefficient (Wildman–Crippen LogP) is 3.94. The third kappa shape index (κ3) is 6.26. The maximum Gasteiger partial charge on any atom is 0.281 e. The average Bonchev–Trinajstić information content (AvgIpc) is 3.43. The van der Waals surface area contributed by atoms with E-state index in [9.17, 15) is 4.79 Å². The van der Waals surface area contributed by atoms with Gasteiger partial charge in [-0.3, -0.25) is 9.69 Å². The first kappa shape index (κ1) is 23.6. The number of nitrogens with one attached hydrogen (secondary N) is 1. The highest BCUT2D eigenvalue weighted by atomic mass is 16.5. The molecule has 3 aromatic rings. The Labute approximate surface area is 199 Å². The number of nitrogen functional groups attached to an aromatic ring is 1. The van der Waals surface area contributed by atoms with Crippen LogP contribution in [0.1, 0.15) is 44.0 Å². The zero-order chi connectivity index (χ0) is 24.1. The van der Waals surface area contributed by atoms with Crippen LogP contribution in [0.5, 0.6) is 11.5 Å². The van der Waals surface area contributed by atoms with Crippen LogP contribution in [0.25, 0.3) is 0 Å². The number of anilines is 3. The molecule has 34 heavy (non-hydrogen) atoms. The van der Waals surface area contributed by atoms with Gasteiger partial charge in [0.05, 0.1) is 0 Å². The summed E-state index contributed by atoms with van der Waals surface area (Å²) in [7, 11) is 0. The van der Waals surface area contributed by atoms with E-state index in [1.807, 2.05) is 45.0 Å². The summed E-state index contributed by atoms with van der Waals surface area (Å²) in [5.41, 5.74) is 6.77. The van der Waals surface area contributed by atoms with Crippen molar-refractivity contribution < 1.29 is 14.3 Å². The van der Waals surface area contributed by atoms with Crippen LogP contribution in [0.2, 0.25) is 0 Å². The number of carbonyl (C=O) groups excluding carboxylic acids is 1. The molecule has 9 heteroatoms. The summed E-state index contributed by atoms with van der Waals surface area (Å²) in [5, 5.41) is 7.32. The van der Waals surface area contributed by atoms with Gasteiger partial charge in [-0.2, -0.15) is 9.67 Å². The van der Waals surface area contributed by atoms with Gasteiger partial charge in [0.25, 0.3) is 5.91 Å². The lowest BCUT2D eigenvalue weighted by atomic mass is 10.1. The monoisotopic (exact) mass is 464 g/mol. The standard InChI is InChI=1S/C25H32N6O3/c1-25(2,3)34-21-8-6-7-18(17-21)22(32)31-23(26)28-24(29-31)27-19-9-11-20(12-10-19)33-16-15-30-13-4-5-14-30/h6-12,17H,4-5,13-16H2,1-3H3,(H3,26,27,28,29). The summed E-state index contributed by atoms with van der Waals surface area (Å²) in [5.74, 6) is 1.24. The summed E-state index contributed by atoms with van der Waals surface area (Å²) < 4.78 is 12.8. The molecule has 4 rings (SSSR count). The molecule has 1 aliphatic heterocycles. The Morgan fingerprint density at radius 2 is 1.82 bits per heavy atom. The van der Waals surface area contributed by atoms with E-state index in [2.05, 4.69) is 20.3 Å². The van der Waals surface area contributed by atoms with Crippen LogP contribution < -0.4 is 20.5 Å². The Morgan fingerprint density at radius 1 is 1.09 bits per heavy atom. The fraction of sp³-hybridized carbons (Fsp3) is 0.400. The Bertz CT molecular complexity index is 1110. The maximum atomic E-state index is 13.0. The van der Waals surface area contributed by atoms with Gasteiger partial charge in [-0.05, 0) is 89.2 Å². The highest BCUT2D eigenvalue weighted by Crippen LogP contribution is 2.22. The summed E-state index contributed by atoms with van der Waals surface area (Å²) in [6.45, 7) is 9.77. The van der Waals surface area contributed by atoms with Crippen molar-refractivity contribution >= 4 is 23.5 Å². The quantitative estimate of drug-likeness (QED) is 0.516. The van der Waals surface area contributed by atoms with Crippen molar-refractivity contribution in [2.45, 2.75) is 39.2 Å². The highest BCUT2D eigenvalue weighted by molar-refractivity contribution is 5.97. The van der Waals surface area contributed by atoms with Crippen molar-refractivity contribution in [2.75, 3.05) is 37.3 Å². The normalized spacial score (nSPS) is 14.2. The van der Waals surface area contributed by atoms with Crippen molar-refractivity contribution in [1.29, 1.82) is 0 Å². The fourth-order valence-electron chi connectivity index (χ4n) is 3.76. The molecule has 3 N–H and O–H groups in total. The molecule has 9 nitrogen and oxygen atoms in total. The number of aromatic nitrogens is 3. The van der Waals surface area contributed by atoms with Crippen molar-refractivity contribution in [3.63, 3.8) is 0 Å². The molecule has 1 saturated heterocycles. The van der Waals surface area contributed by atoms with Crippen LogP contribution in [-0.2, 0) is 0 Å². The lowest BCUT2D eigenvalue weighted by Gasteiger charge is -2.21. The topological polar surface area (TPSA) is 108 Å². The van der Waals surface area contributed by atoms with E-state index >= 15 is 0 Å². The third-order valence-corrected chi connectivity index (χ3v) is 5.31. The number of hydrogen-bond acceptors (Lipinski definition) is 8. The number of ether oxygens (including phenoxy) is 2. The van der Waals surface area contributed by atoms with Crippen LogP contribution in [0, 0.1) is 0 Å². The zero-order valence-electron chi connectivity index (χ0n) is 20.0. The van der Waals surface area contributed by atoms with Crippen LogP contribution in [0.15, 0.2) is 48.5 Å². The van der Waals surface area contributed by atoms with E-state index in [4.69, 9.17) is 15.2 Å². The van der Waals surface area contributed by atoms with Crippen LogP contribution in [0.4, 0.5) is 17.6 Å². The van der Waals surface area contributed by atoms with E-state index < -0.39 is 0 Å². The van der Waals surface area contributed by atoms with Crippen molar-refractivity contribution in [3.8, 4) is 11.5 Å². The zero-order valence-corrected chi connectivity index (χ0v) is 20.0. The van der Waals surface area contributed by atoms with Gasteiger partial charge < -0.3 is 20.5 Å². The molecule has 1 fully saturated rings. The van der Waals surface area contributed by atoms with Crippen LogP contribution in [-0.4, -0.2) is 57.4 Å². The maximum absolute atomic E-state index is 13.0. The number of nitrogens with zero attached hydrogens (tertiary/aromatic N) is 4. The van der Waals surface area contributed by atoms with E-state index in [1.165, 1.54) is 12.8 Å². The smallest absolute Gasteiger partial charge is 0.281 e.